The highest BCUT2D eigenvalue weighted by molar-refractivity contribution is 5.93. The lowest BCUT2D eigenvalue weighted by Crippen LogP contribution is -2.34. The van der Waals surface area contributed by atoms with Gasteiger partial charge in [-0.05, 0) is 69.2 Å². The molecule has 3 heteroatoms. The third-order valence-electron chi connectivity index (χ3n) is 4.73. The van der Waals surface area contributed by atoms with Gasteiger partial charge >= 0.3 is 0 Å². The smallest absolute Gasteiger partial charge is 0.226 e. The van der Waals surface area contributed by atoms with Gasteiger partial charge in [0.15, 0.2) is 0 Å². The lowest BCUT2D eigenvalue weighted by molar-refractivity contribution is -0.119. The second kappa shape index (κ2) is 7.08. The zero-order valence-corrected chi connectivity index (χ0v) is 12.8. The summed E-state index contributed by atoms with van der Waals surface area (Å²) < 4.78 is 0. The Morgan fingerprint density at radius 1 is 1.05 bits per heavy atom. The van der Waals surface area contributed by atoms with Crippen molar-refractivity contribution in [3.63, 3.8) is 0 Å². The van der Waals surface area contributed by atoms with Gasteiger partial charge in [0.2, 0.25) is 5.91 Å². The van der Waals surface area contributed by atoms with E-state index in [2.05, 4.69) is 17.4 Å². The molecular weight excluding hydrogens is 260 g/mol. The van der Waals surface area contributed by atoms with E-state index < -0.39 is 0 Å². The zero-order valence-electron chi connectivity index (χ0n) is 12.8. The molecule has 3 nitrogen and oxygen atoms in total. The molecule has 0 radical (unpaired) electrons. The second-order valence-corrected chi connectivity index (χ2v) is 6.52. The number of hydrogen-bond acceptors (Lipinski definition) is 2. The van der Waals surface area contributed by atoms with Crippen molar-refractivity contribution in [1.82, 2.24) is 5.32 Å². The number of benzene rings is 1. The lowest BCUT2D eigenvalue weighted by atomic mass is 9.93. The van der Waals surface area contributed by atoms with E-state index in [0.717, 1.165) is 43.6 Å². The van der Waals surface area contributed by atoms with E-state index in [1.807, 2.05) is 23.1 Å². The van der Waals surface area contributed by atoms with Crippen molar-refractivity contribution in [3.8, 4) is 0 Å². The van der Waals surface area contributed by atoms with Gasteiger partial charge in [0.05, 0.1) is 0 Å². The predicted octanol–water partition coefficient (Wildman–Crippen LogP) is 3.21. The van der Waals surface area contributed by atoms with Gasteiger partial charge in [-0.1, -0.05) is 18.2 Å². The quantitative estimate of drug-likeness (QED) is 0.871. The van der Waals surface area contributed by atoms with E-state index in [9.17, 15) is 4.79 Å². The Labute approximate surface area is 127 Å². The number of nitrogens with one attached hydrogen (secondary N) is 1. The Bertz CT molecular complexity index is 450. The third kappa shape index (κ3) is 4.31. The number of hydrogen-bond donors (Lipinski definition) is 1. The molecular formula is C18H26N2O. The van der Waals surface area contributed by atoms with Crippen LogP contribution < -0.4 is 10.2 Å². The predicted molar refractivity (Wildman–Crippen MR) is 86.3 cm³/mol. The normalized spacial score (nSPS) is 19.4. The number of nitrogens with zero attached hydrogens (tertiary/aromatic N) is 1. The van der Waals surface area contributed by atoms with E-state index in [4.69, 9.17) is 0 Å². The highest BCUT2D eigenvalue weighted by Gasteiger charge is 2.27. The van der Waals surface area contributed by atoms with Crippen LogP contribution in [0.2, 0.25) is 0 Å². The van der Waals surface area contributed by atoms with Gasteiger partial charge in [0.25, 0.3) is 0 Å². The van der Waals surface area contributed by atoms with E-state index in [-0.39, 0.29) is 0 Å². The maximum absolute atomic E-state index is 12.7. The fourth-order valence-electron chi connectivity index (χ4n) is 3.15. The van der Waals surface area contributed by atoms with Crippen molar-refractivity contribution in [1.29, 1.82) is 0 Å². The van der Waals surface area contributed by atoms with Crippen molar-refractivity contribution in [2.45, 2.75) is 38.5 Å². The zero-order chi connectivity index (χ0) is 14.5. The molecule has 1 heterocycles. The van der Waals surface area contributed by atoms with E-state index in [1.165, 1.54) is 25.7 Å². The number of rotatable bonds is 6. The van der Waals surface area contributed by atoms with Gasteiger partial charge in [-0.25, -0.2) is 0 Å². The average molecular weight is 286 g/mol. The van der Waals surface area contributed by atoms with Gasteiger partial charge < -0.3 is 10.2 Å². The summed E-state index contributed by atoms with van der Waals surface area (Å²) in [6, 6.07) is 10.2. The molecule has 2 fully saturated rings. The molecule has 1 saturated heterocycles. The molecule has 21 heavy (non-hydrogen) atoms. The van der Waals surface area contributed by atoms with Gasteiger partial charge in [0, 0.05) is 18.7 Å². The Hall–Kier alpha value is -1.35. The second-order valence-electron chi connectivity index (χ2n) is 6.52. The molecule has 3 rings (SSSR count). The minimum absolute atomic E-state index is 0.312. The molecule has 0 bridgehead atoms. The Morgan fingerprint density at radius 3 is 2.43 bits per heavy atom. The summed E-state index contributed by atoms with van der Waals surface area (Å²) in [4.78, 5) is 14.7. The van der Waals surface area contributed by atoms with Crippen LogP contribution in [0.15, 0.2) is 30.3 Å². The SMILES string of the molecule is O=C(CCC1CCNCC1)N(CC1CC1)c1ccccc1. The molecule has 0 unspecified atom stereocenters. The van der Waals surface area contributed by atoms with Crippen molar-refractivity contribution in [3.05, 3.63) is 30.3 Å². The number of carbonyl (C=O) groups excluding carboxylic acids is 1. The first-order valence-corrected chi connectivity index (χ1v) is 8.39. The standard InChI is InChI=1S/C18H26N2O/c21-18(9-8-15-10-12-19-13-11-15)20(14-16-6-7-16)17-4-2-1-3-5-17/h1-5,15-16,19H,6-14H2. The molecule has 1 aromatic carbocycles. The minimum atomic E-state index is 0.312. The molecule has 1 amide bonds. The number of para-hydroxylation sites is 1. The molecule has 114 valence electrons. The van der Waals surface area contributed by atoms with Gasteiger partial charge in [-0.15, -0.1) is 0 Å². The van der Waals surface area contributed by atoms with Crippen LogP contribution in [-0.2, 0) is 4.79 Å². The van der Waals surface area contributed by atoms with Crippen LogP contribution in [0, 0.1) is 11.8 Å². The molecule has 1 aliphatic carbocycles. The number of carbonyl (C=O) groups is 1. The first-order chi connectivity index (χ1) is 10.3. The highest BCUT2D eigenvalue weighted by atomic mass is 16.2. The van der Waals surface area contributed by atoms with Crippen LogP contribution in [-0.4, -0.2) is 25.5 Å². The maximum Gasteiger partial charge on any atom is 0.226 e. The molecule has 1 saturated carbocycles. The first kappa shape index (κ1) is 14.6. The van der Waals surface area contributed by atoms with Crippen molar-refractivity contribution in [2.24, 2.45) is 11.8 Å². The molecule has 1 aromatic rings. The summed E-state index contributed by atoms with van der Waals surface area (Å²) in [5, 5.41) is 3.39. The number of piperidine rings is 1. The largest absolute Gasteiger partial charge is 0.317 e. The summed E-state index contributed by atoms with van der Waals surface area (Å²) in [5.41, 5.74) is 1.07. The van der Waals surface area contributed by atoms with Crippen LogP contribution in [0.5, 0.6) is 0 Å². The Morgan fingerprint density at radius 2 is 1.76 bits per heavy atom. The van der Waals surface area contributed by atoms with Crippen LogP contribution in [0.1, 0.15) is 38.5 Å². The fourth-order valence-corrected chi connectivity index (χ4v) is 3.15. The molecule has 0 aromatic heterocycles. The van der Waals surface area contributed by atoms with E-state index in [1.54, 1.807) is 0 Å². The molecule has 1 aliphatic heterocycles. The van der Waals surface area contributed by atoms with Crippen LogP contribution in [0.3, 0.4) is 0 Å². The summed E-state index contributed by atoms with van der Waals surface area (Å²) >= 11 is 0. The van der Waals surface area contributed by atoms with Gasteiger partial charge in [0.1, 0.15) is 0 Å². The average Bonchev–Trinajstić information content (AvgIpc) is 3.36. The number of anilines is 1. The summed E-state index contributed by atoms with van der Waals surface area (Å²) in [7, 11) is 0. The fraction of sp³-hybridized carbons (Fsp3) is 0.611. The van der Waals surface area contributed by atoms with Gasteiger partial charge in [-0.2, -0.15) is 0 Å². The van der Waals surface area contributed by atoms with Crippen LogP contribution in [0.4, 0.5) is 5.69 Å². The lowest BCUT2D eigenvalue weighted by Gasteiger charge is -2.26. The monoisotopic (exact) mass is 286 g/mol. The molecule has 2 aliphatic rings. The molecule has 0 spiro atoms. The molecule has 1 N–H and O–H groups in total. The number of amides is 1. The Kier molecular flexibility index (Phi) is 4.91. The highest BCUT2D eigenvalue weighted by Crippen LogP contribution is 2.32. The summed E-state index contributed by atoms with van der Waals surface area (Å²) in [6.07, 6.45) is 6.76. The summed E-state index contributed by atoms with van der Waals surface area (Å²) in [6.45, 7) is 3.14. The minimum Gasteiger partial charge on any atom is -0.317 e. The van der Waals surface area contributed by atoms with Crippen LogP contribution >= 0.6 is 0 Å². The van der Waals surface area contributed by atoms with Crippen LogP contribution in [0.25, 0.3) is 0 Å². The van der Waals surface area contributed by atoms with E-state index >= 15 is 0 Å². The summed E-state index contributed by atoms with van der Waals surface area (Å²) in [5.74, 6) is 1.77. The van der Waals surface area contributed by atoms with Gasteiger partial charge in [-0.3, -0.25) is 4.79 Å². The van der Waals surface area contributed by atoms with Crippen molar-refractivity contribution in [2.75, 3.05) is 24.5 Å². The van der Waals surface area contributed by atoms with Crippen molar-refractivity contribution < 1.29 is 4.79 Å². The topological polar surface area (TPSA) is 32.3 Å². The van der Waals surface area contributed by atoms with Crippen molar-refractivity contribution >= 4 is 11.6 Å². The molecule has 0 atom stereocenters. The van der Waals surface area contributed by atoms with E-state index in [0.29, 0.717) is 12.3 Å². The first-order valence-electron chi connectivity index (χ1n) is 8.39. The maximum atomic E-state index is 12.7. The third-order valence-corrected chi connectivity index (χ3v) is 4.73. The Balaban J connectivity index is 1.57.